The van der Waals surface area contributed by atoms with Crippen LogP contribution in [0.3, 0.4) is 0 Å². The van der Waals surface area contributed by atoms with Crippen LogP contribution in [0.1, 0.15) is 32.6 Å². The minimum absolute atomic E-state index is 0.0590. The lowest BCUT2D eigenvalue weighted by Gasteiger charge is -2.49. The smallest absolute Gasteiger partial charge is 0.152 e. The third-order valence-electron chi connectivity index (χ3n) is 4.24. The van der Waals surface area contributed by atoms with Crippen molar-refractivity contribution in [1.82, 2.24) is 0 Å². The molecule has 1 saturated heterocycles. The molecule has 80 valence electrons. The summed E-state index contributed by atoms with van der Waals surface area (Å²) in [7, 11) is 0. The first kappa shape index (κ1) is 9.28. The molecule has 15 heavy (non-hydrogen) atoms. The number of hydrogen-bond acceptors (Lipinski definition) is 3. The summed E-state index contributed by atoms with van der Waals surface area (Å²) in [5, 5.41) is 0. The highest BCUT2D eigenvalue weighted by Crippen LogP contribution is 2.53. The van der Waals surface area contributed by atoms with Gasteiger partial charge < -0.3 is 4.74 Å². The van der Waals surface area contributed by atoms with E-state index >= 15 is 0 Å². The van der Waals surface area contributed by atoms with Gasteiger partial charge in [0.05, 0.1) is 6.10 Å². The SMILES string of the molecule is C[C@]12C(=O)CCC[C@@]13C=C[C@@H](CC2=O)O3. The van der Waals surface area contributed by atoms with Gasteiger partial charge in [0, 0.05) is 12.8 Å². The molecule has 3 rings (SSSR count). The summed E-state index contributed by atoms with van der Waals surface area (Å²) in [6.45, 7) is 1.77. The first-order valence-electron chi connectivity index (χ1n) is 5.52. The molecule has 2 heterocycles. The Morgan fingerprint density at radius 2 is 2.20 bits per heavy atom. The molecular weight excluding hydrogens is 192 g/mol. The largest absolute Gasteiger partial charge is 0.362 e. The highest BCUT2D eigenvalue weighted by Gasteiger charge is 2.63. The van der Waals surface area contributed by atoms with Crippen LogP contribution in [0.4, 0.5) is 0 Å². The molecule has 0 N–H and O–H groups in total. The van der Waals surface area contributed by atoms with Gasteiger partial charge in [0.2, 0.25) is 0 Å². The van der Waals surface area contributed by atoms with E-state index in [9.17, 15) is 9.59 Å². The van der Waals surface area contributed by atoms with E-state index in [1.165, 1.54) is 0 Å². The molecule has 0 amide bonds. The van der Waals surface area contributed by atoms with E-state index < -0.39 is 11.0 Å². The molecule has 2 aliphatic heterocycles. The lowest BCUT2D eigenvalue weighted by molar-refractivity contribution is -0.182. The topological polar surface area (TPSA) is 43.4 Å². The van der Waals surface area contributed by atoms with E-state index in [0.717, 1.165) is 12.8 Å². The Balaban J connectivity index is 2.16. The van der Waals surface area contributed by atoms with Gasteiger partial charge in [-0.3, -0.25) is 9.59 Å². The van der Waals surface area contributed by atoms with E-state index in [0.29, 0.717) is 12.8 Å². The number of fused-ring (bicyclic) bond motifs is 1. The van der Waals surface area contributed by atoms with Gasteiger partial charge in [0.15, 0.2) is 5.78 Å². The second-order valence-corrected chi connectivity index (χ2v) is 4.93. The summed E-state index contributed by atoms with van der Waals surface area (Å²) >= 11 is 0. The normalized spacial score (nSPS) is 48.2. The van der Waals surface area contributed by atoms with E-state index in [1.54, 1.807) is 6.92 Å². The van der Waals surface area contributed by atoms with Crippen LogP contribution in [0.25, 0.3) is 0 Å². The first-order valence-corrected chi connectivity index (χ1v) is 5.52. The summed E-state index contributed by atoms with van der Waals surface area (Å²) in [6.07, 6.45) is 6.33. The summed E-state index contributed by atoms with van der Waals surface area (Å²) < 4.78 is 5.88. The maximum absolute atomic E-state index is 12.1. The van der Waals surface area contributed by atoms with Crippen molar-refractivity contribution in [1.29, 1.82) is 0 Å². The molecule has 3 atom stereocenters. The van der Waals surface area contributed by atoms with Gasteiger partial charge in [-0.1, -0.05) is 12.2 Å². The number of ether oxygens (including phenoxy) is 1. The average molecular weight is 206 g/mol. The van der Waals surface area contributed by atoms with E-state index in [-0.39, 0.29) is 17.7 Å². The fraction of sp³-hybridized carbons (Fsp3) is 0.667. The molecule has 2 bridgehead atoms. The Hall–Kier alpha value is -0.960. The van der Waals surface area contributed by atoms with Crippen molar-refractivity contribution in [2.75, 3.05) is 0 Å². The third-order valence-corrected chi connectivity index (χ3v) is 4.24. The molecule has 0 unspecified atom stereocenters. The van der Waals surface area contributed by atoms with Crippen LogP contribution in [0.5, 0.6) is 0 Å². The lowest BCUT2D eigenvalue weighted by atomic mass is 9.60. The van der Waals surface area contributed by atoms with Crippen LogP contribution in [0.15, 0.2) is 12.2 Å². The number of Topliss-reactive ketones (excluding diaryl/α,β-unsaturated/α-hetero) is 2. The zero-order valence-electron chi connectivity index (χ0n) is 8.79. The predicted octanol–water partition coefficient (Wildman–Crippen LogP) is 1.41. The van der Waals surface area contributed by atoms with Crippen LogP contribution < -0.4 is 0 Å². The summed E-state index contributed by atoms with van der Waals surface area (Å²) in [6, 6.07) is 0. The fourth-order valence-electron chi connectivity index (χ4n) is 3.17. The van der Waals surface area contributed by atoms with E-state index in [4.69, 9.17) is 4.74 Å². The van der Waals surface area contributed by atoms with Crippen molar-refractivity contribution in [3.05, 3.63) is 12.2 Å². The van der Waals surface area contributed by atoms with Crippen LogP contribution >= 0.6 is 0 Å². The zero-order valence-corrected chi connectivity index (χ0v) is 8.79. The van der Waals surface area contributed by atoms with E-state index in [1.807, 2.05) is 12.2 Å². The Kier molecular flexibility index (Phi) is 1.60. The number of ketones is 2. The minimum Gasteiger partial charge on any atom is -0.362 e. The average Bonchev–Trinajstić information content (AvgIpc) is 2.55. The quantitative estimate of drug-likeness (QED) is 0.444. The highest BCUT2D eigenvalue weighted by atomic mass is 16.5. The summed E-state index contributed by atoms with van der Waals surface area (Å²) in [5.74, 6) is 0.122. The van der Waals surface area contributed by atoms with Gasteiger partial charge in [0.25, 0.3) is 0 Å². The van der Waals surface area contributed by atoms with Crippen molar-refractivity contribution >= 4 is 11.6 Å². The molecule has 2 fully saturated rings. The van der Waals surface area contributed by atoms with Crippen molar-refractivity contribution < 1.29 is 14.3 Å². The predicted molar refractivity (Wildman–Crippen MR) is 53.3 cm³/mol. The molecule has 1 saturated carbocycles. The maximum atomic E-state index is 12.1. The molecule has 1 aliphatic carbocycles. The molecule has 0 radical (unpaired) electrons. The van der Waals surface area contributed by atoms with Crippen molar-refractivity contribution in [2.45, 2.75) is 44.3 Å². The standard InChI is InChI=1S/C12H14O3/c1-11-9(13)3-2-5-12(11)6-4-8(15-12)7-10(11)14/h4,6,8H,2-3,5,7H2,1H3/t8-,11+,12+/m0/s1. The minimum atomic E-state index is -0.908. The van der Waals surface area contributed by atoms with Gasteiger partial charge in [-0.2, -0.15) is 0 Å². The lowest BCUT2D eigenvalue weighted by Crippen LogP contribution is -2.61. The van der Waals surface area contributed by atoms with Crippen molar-refractivity contribution in [3.8, 4) is 0 Å². The molecular formula is C12H14O3. The second-order valence-electron chi connectivity index (χ2n) is 4.93. The van der Waals surface area contributed by atoms with Crippen LogP contribution in [-0.2, 0) is 14.3 Å². The fourth-order valence-corrected chi connectivity index (χ4v) is 3.17. The Bertz CT molecular complexity index is 384. The number of carbonyl (C=O) groups is 2. The summed E-state index contributed by atoms with van der Waals surface area (Å²) in [5.41, 5.74) is -1.52. The monoisotopic (exact) mass is 206 g/mol. The number of hydrogen-bond donors (Lipinski definition) is 0. The maximum Gasteiger partial charge on any atom is 0.152 e. The van der Waals surface area contributed by atoms with Crippen LogP contribution in [0, 0.1) is 5.41 Å². The molecule has 0 aromatic carbocycles. The second kappa shape index (κ2) is 2.59. The molecule has 3 heteroatoms. The Labute approximate surface area is 88.5 Å². The summed E-state index contributed by atoms with van der Waals surface area (Å²) in [4.78, 5) is 24.1. The molecule has 0 aromatic heterocycles. The third kappa shape index (κ3) is 0.899. The molecule has 1 spiro atoms. The van der Waals surface area contributed by atoms with Crippen molar-refractivity contribution in [2.24, 2.45) is 5.41 Å². The van der Waals surface area contributed by atoms with Gasteiger partial charge in [-0.15, -0.1) is 0 Å². The zero-order chi connectivity index (χ0) is 10.7. The van der Waals surface area contributed by atoms with E-state index in [2.05, 4.69) is 0 Å². The first-order chi connectivity index (χ1) is 7.08. The molecule has 3 nitrogen and oxygen atoms in total. The van der Waals surface area contributed by atoms with Crippen LogP contribution in [-0.4, -0.2) is 23.3 Å². The van der Waals surface area contributed by atoms with Gasteiger partial charge in [0.1, 0.15) is 16.8 Å². The van der Waals surface area contributed by atoms with Crippen molar-refractivity contribution in [3.63, 3.8) is 0 Å². The Morgan fingerprint density at radius 1 is 1.40 bits per heavy atom. The van der Waals surface area contributed by atoms with Gasteiger partial charge >= 0.3 is 0 Å². The number of carbonyl (C=O) groups excluding carboxylic acids is 2. The molecule has 0 aromatic rings. The highest BCUT2D eigenvalue weighted by molar-refractivity contribution is 6.10. The molecule has 3 aliphatic rings. The van der Waals surface area contributed by atoms with Gasteiger partial charge in [-0.25, -0.2) is 0 Å². The number of rotatable bonds is 0. The van der Waals surface area contributed by atoms with Crippen LogP contribution in [0.2, 0.25) is 0 Å². The Morgan fingerprint density at radius 3 is 3.00 bits per heavy atom. The van der Waals surface area contributed by atoms with Gasteiger partial charge in [-0.05, 0) is 19.8 Å².